The summed E-state index contributed by atoms with van der Waals surface area (Å²) in [4.78, 5) is 13.8. The van der Waals surface area contributed by atoms with Gasteiger partial charge in [-0.3, -0.25) is 4.79 Å². The van der Waals surface area contributed by atoms with Crippen LogP contribution in [-0.4, -0.2) is 55.7 Å². The van der Waals surface area contributed by atoms with E-state index in [-0.39, 0.29) is 11.9 Å². The second-order valence-corrected chi connectivity index (χ2v) is 4.64. The first-order valence-electron chi connectivity index (χ1n) is 5.68. The summed E-state index contributed by atoms with van der Waals surface area (Å²) in [6, 6.07) is 0.248. The molecule has 16 heavy (non-hydrogen) atoms. The van der Waals surface area contributed by atoms with E-state index in [0.29, 0.717) is 13.2 Å². The van der Waals surface area contributed by atoms with Gasteiger partial charge in [0, 0.05) is 32.9 Å². The standard InChI is InChI=1S/C11H20ClNO3/c1-9(12)11(14)13(5-8-15-2)10-3-6-16-7-4-10/h9-10H,3-8H2,1-2H3/t9-/m0/s1. The summed E-state index contributed by atoms with van der Waals surface area (Å²) in [5.41, 5.74) is 0. The van der Waals surface area contributed by atoms with Crippen molar-refractivity contribution < 1.29 is 14.3 Å². The molecule has 1 aliphatic rings. The van der Waals surface area contributed by atoms with Crippen LogP contribution in [0.1, 0.15) is 19.8 Å². The Bertz CT molecular complexity index is 217. The van der Waals surface area contributed by atoms with E-state index in [2.05, 4.69) is 0 Å². The van der Waals surface area contributed by atoms with E-state index in [4.69, 9.17) is 21.1 Å². The quantitative estimate of drug-likeness (QED) is 0.689. The van der Waals surface area contributed by atoms with Gasteiger partial charge in [-0.25, -0.2) is 0 Å². The highest BCUT2D eigenvalue weighted by Crippen LogP contribution is 2.16. The van der Waals surface area contributed by atoms with Crippen LogP contribution in [0, 0.1) is 0 Å². The van der Waals surface area contributed by atoms with E-state index < -0.39 is 5.38 Å². The molecule has 0 saturated carbocycles. The van der Waals surface area contributed by atoms with E-state index in [9.17, 15) is 4.79 Å². The maximum absolute atomic E-state index is 11.9. The number of methoxy groups -OCH3 is 1. The fourth-order valence-electron chi connectivity index (χ4n) is 1.89. The number of amides is 1. The van der Waals surface area contributed by atoms with Gasteiger partial charge in [-0.2, -0.15) is 0 Å². The maximum atomic E-state index is 11.9. The van der Waals surface area contributed by atoms with E-state index in [0.717, 1.165) is 26.1 Å². The van der Waals surface area contributed by atoms with Crippen molar-refractivity contribution in [2.24, 2.45) is 0 Å². The Morgan fingerprint density at radius 3 is 2.69 bits per heavy atom. The molecule has 5 heteroatoms. The fourth-order valence-corrected chi connectivity index (χ4v) is 2.01. The van der Waals surface area contributed by atoms with Crippen LogP contribution in [0.25, 0.3) is 0 Å². The van der Waals surface area contributed by atoms with Crippen LogP contribution < -0.4 is 0 Å². The Balaban J connectivity index is 2.57. The van der Waals surface area contributed by atoms with Crippen molar-refractivity contribution in [2.75, 3.05) is 33.5 Å². The van der Waals surface area contributed by atoms with Crippen molar-refractivity contribution in [3.63, 3.8) is 0 Å². The lowest BCUT2D eigenvalue weighted by Crippen LogP contribution is -2.47. The first-order chi connectivity index (χ1) is 7.66. The minimum atomic E-state index is -0.472. The number of carbonyl (C=O) groups excluding carboxylic acids is 1. The molecule has 0 aliphatic carbocycles. The van der Waals surface area contributed by atoms with Gasteiger partial charge in [0.1, 0.15) is 5.38 Å². The van der Waals surface area contributed by atoms with Gasteiger partial charge < -0.3 is 14.4 Å². The van der Waals surface area contributed by atoms with Crippen LogP contribution >= 0.6 is 11.6 Å². The molecule has 4 nitrogen and oxygen atoms in total. The van der Waals surface area contributed by atoms with Crippen molar-refractivity contribution in [3.8, 4) is 0 Å². The third-order valence-electron chi connectivity index (χ3n) is 2.79. The van der Waals surface area contributed by atoms with Gasteiger partial charge in [0.25, 0.3) is 0 Å². The van der Waals surface area contributed by atoms with E-state index in [1.165, 1.54) is 0 Å². The van der Waals surface area contributed by atoms with E-state index in [1.54, 1.807) is 14.0 Å². The van der Waals surface area contributed by atoms with Crippen LogP contribution in [0.2, 0.25) is 0 Å². The van der Waals surface area contributed by atoms with Gasteiger partial charge in [-0.1, -0.05) is 0 Å². The number of halogens is 1. The summed E-state index contributed by atoms with van der Waals surface area (Å²) in [6.07, 6.45) is 1.78. The largest absolute Gasteiger partial charge is 0.383 e. The third kappa shape index (κ3) is 3.92. The summed E-state index contributed by atoms with van der Waals surface area (Å²) < 4.78 is 10.3. The highest BCUT2D eigenvalue weighted by Gasteiger charge is 2.27. The van der Waals surface area contributed by atoms with Crippen LogP contribution in [0.15, 0.2) is 0 Å². The second kappa shape index (κ2) is 7.09. The molecule has 0 spiro atoms. The maximum Gasteiger partial charge on any atom is 0.240 e. The van der Waals surface area contributed by atoms with Crippen molar-refractivity contribution >= 4 is 17.5 Å². The van der Waals surface area contributed by atoms with Crippen LogP contribution in [0.3, 0.4) is 0 Å². The minimum Gasteiger partial charge on any atom is -0.383 e. The molecule has 0 aromatic carbocycles. The highest BCUT2D eigenvalue weighted by atomic mass is 35.5. The zero-order chi connectivity index (χ0) is 12.0. The molecule has 1 aliphatic heterocycles. The van der Waals surface area contributed by atoms with Crippen LogP contribution in [-0.2, 0) is 14.3 Å². The molecule has 0 radical (unpaired) electrons. The Morgan fingerprint density at radius 2 is 2.19 bits per heavy atom. The zero-order valence-electron chi connectivity index (χ0n) is 9.95. The van der Waals surface area contributed by atoms with E-state index >= 15 is 0 Å². The molecule has 1 rings (SSSR count). The second-order valence-electron chi connectivity index (χ2n) is 3.98. The molecule has 0 N–H and O–H groups in total. The molecule has 1 saturated heterocycles. The normalized spacial score (nSPS) is 19.4. The summed E-state index contributed by atoms with van der Waals surface area (Å²) in [6.45, 7) is 4.31. The topological polar surface area (TPSA) is 38.8 Å². The summed E-state index contributed by atoms with van der Waals surface area (Å²) in [5.74, 6) is -0.00869. The van der Waals surface area contributed by atoms with Crippen molar-refractivity contribution in [3.05, 3.63) is 0 Å². The molecular formula is C11H20ClNO3. The molecule has 94 valence electrons. The van der Waals surface area contributed by atoms with Gasteiger partial charge >= 0.3 is 0 Å². The SMILES string of the molecule is COCCN(C(=O)[C@H](C)Cl)C1CCOCC1. The third-order valence-corrected chi connectivity index (χ3v) is 2.98. The Hall–Kier alpha value is -0.320. The molecule has 0 bridgehead atoms. The number of ether oxygens (including phenoxy) is 2. The lowest BCUT2D eigenvalue weighted by atomic mass is 10.1. The Labute approximate surface area is 102 Å². The molecule has 0 unspecified atom stereocenters. The molecule has 1 amide bonds. The predicted molar refractivity (Wildman–Crippen MR) is 62.7 cm³/mol. The molecule has 0 aromatic rings. The van der Waals surface area contributed by atoms with Gasteiger partial charge in [0.15, 0.2) is 0 Å². The van der Waals surface area contributed by atoms with Crippen molar-refractivity contribution in [1.29, 1.82) is 0 Å². The summed E-state index contributed by atoms with van der Waals surface area (Å²) in [5, 5.41) is -0.472. The zero-order valence-corrected chi connectivity index (χ0v) is 10.7. The van der Waals surface area contributed by atoms with Gasteiger partial charge in [-0.05, 0) is 19.8 Å². The number of carbonyl (C=O) groups is 1. The summed E-state index contributed by atoms with van der Waals surface area (Å²) >= 11 is 5.86. The molecule has 1 fully saturated rings. The molecular weight excluding hydrogens is 230 g/mol. The van der Waals surface area contributed by atoms with Gasteiger partial charge in [0.05, 0.1) is 6.61 Å². The average Bonchev–Trinajstić information content (AvgIpc) is 2.30. The predicted octanol–water partition coefficient (Wildman–Crippen LogP) is 1.27. The minimum absolute atomic E-state index is 0.00869. The van der Waals surface area contributed by atoms with Gasteiger partial charge in [0.2, 0.25) is 5.91 Å². The summed E-state index contributed by atoms with van der Waals surface area (Å²) in [7, 11) is 1.64. The number of nitrogens with zero attached hydrogens (tertiary/aromatic N) is 1. The lowest BCUT2D eigenvalue weighted by Gasteiger charge is -2.34. The Kier molecular flexibility index (Phi) is 6.09. The highest BCUT2D eigenvalue weighted by molar-refractivity contribution is 6.30. The molecule has 1 heterocycles. The van der Waals surface area contributed by atoms with Gasteiger partial charge in [-0.15, -0.1) is 11.6 Å². The number of hydrogen-bond donors (Lipinski definition) is 0. The smallest absolute Gasteiger partial charge is 0.240 e. The van der Waals surface area contributed by atoms with Crippen LogP contribution in [0.5, 0.6) is 0 Å². The van der Waals surface area contributed by atoms with Crippen LogP contribution in [0.4, 0.5) is 0 Å². The fraction of sp³-hybridized carbons (Fsp3) is 0.909. The Morgan fingerprint density at radius 1 is 1.56 bits per heavy atom. The first-order valence-corrected chi connectivity index (χ1v) is 6.11. The first kappa shape index (κ1) is 13.7. The van der Waals surface area contributed by atoms with Crippen molar-refractivity contribution in [1.82, 2.24) is 4.90 Å². The van der Waals surface area contributed by atoms with Crippen molar-refractivity contribution in [2.45, 2.75) is 31.2 Å². The monoisotopic (exact) mass is 249 g/mol. The molecule has 0 aromatic heterocycles. The average molecular weight is 250 g/mol. The number of hydrogen-bond acceptors (Lipinski definition) is 3. The number of rotatable bonds is 5. The molecule has 1 atom stereocenters. The lowest BCUT2D eigenvalue weighted by molar-refractivity contribution is -0.135. The number of alkyl halides is 1. The van der Waals surface area contributed by atoms with E-state index in [1.807, 2.05) is 4.90 Å².